The van der Waals surface area contributed by atoms with Gasteiger partial charge in [-0.3, -0.25) is 0 Å². The molecular weight excluding hydrogens is 428 g/mol. The molecule has 0 bridgehead atoms. The van der Waals surface area contributed by atoms with Crippen molar-refractivity contribution in [1.29, 1.82) is 0 Å². The van der Waals surface area contributed by atoms with Gasteiger partial charge in [0.05, 0.1) is 24.4 Å². The van der Waals surface area contributed by atoms with E-state index in [4.69, 9.17) is 17.7 Å². The Kier molecular flexibility index (Phi) is 17.5. The first-order valence-electron chi connectivity index (χ1n) is 14.1. The molecule has 0 fully saturated rings. The van der Waals surface area contributed by atoms with E-state index in [1.54, 1.807) is 0 Å². The van der Waals surface area contributed by atoms with Gasteiger partial charge in [-0.25, -0.2) is 0 Å². The lowest BCUT2D eigenvalue weighted by molar-refractivity contribution is -0.116. The van der Waals surface area contributed by atoms with Crippen LogP contribution in [0.1, 0.15) is 134 Å². The molecule has 200 valence electrons. The van der Waals surface area contributed by atoms with Gasteiger partial charge >= 0.3 is 9.05 Å². The first-order valence-corrected chi connectivity index (χ1v) is 15.7. The first kappa shape index (κ1) is 33.1. The third-order valence-corrected chi connectivity index (χ3v) is 8.49. The average Bonchev–Trinajstić information content (AvgIpc) is 2.70. The summed E-state index contributed by atoms with van der Waals surface area (Å²) >= 11 is 0. The SMILES string of the molecule is CCC(CC(C)C)O[Si](OC(CC)CC(C)C)(OC(CC)CC(C)C)OC(CC)CC(C)C. The van der Waals surface area contributed by atoms with Crippen LogP contribution in [0.25, 0.3) is 0 Å². The van der Waals surface area contributed by atoms with Crippen LogP contribution in [-0.2, 0) is 17.7 Å². The molecule has 0 aliphatic carbocycles. The highest BCUT2D eigenvalue weighted by atomic mass is 28.4. The van der Waals surface area contributed by atoms with E-state index in [2.05, 4.69) is 83.1 Å². The highest BCUT2D eigenvalue weighted by molar-refractivity contribution is 6.53. The van der Waals surface area contributed by atoms with Crippen molar-refractivity contribution in [3.05, 3.63) is 0 Å². The molecule has 4 atom stereocenters. The Morgan fingerprint density at radius 3 is 0.697 bits per heavy atom. The highest BCUT2D eigenvalue weighted by Gasteiger charge is 2.52. The van der Waals surface area contributed by atoms with E-state index in [9.17, 15) is 0 Å². The van der Waals surface area contributed by atoms with Crippen LogP contribution in [-0.4, -0.2) is 33.5 Å². The lowest BCUT2D eigenvalue weighted by Gasteiger charge is -2.39. The van der Waals surface area contributed by atoms with E-state index in [0.717, 1.165) is 51.4 Å². The molecule has 33 heavy (non-hydrogen) atoms. The Labute approximate surface area is 209 Å². The minimum Gasteiger partial charge on any atom is -0.348 e. The topological polar surface area (TPSA) is 36.9 Å². The van der Waals surface area contributed by atoms with Gasteiger partial charge in [-0.2, -0.15) is 0 Å². The largest absolute Gasteiger partial charge is 0.680 e. The second-order valence-corrected chi connectivity index (χ2v) is 13.6. The summed E-state index contributed by atoms with van der Waals surface area (Å²) in [4.78, 5) is 0. The Morgan fingerprint density at radius 2 is 0.576 bits per heavy atom. The predicted molar refractivity (Wildman–Crippen MR) is 144 cm³/mol. The molecule has 0 aliphatic rings. The zero-order valence-corrected chi connectivity index (χ0v) is 25.4. The van der Waals surface area contributed by atoms with Crippen LogP contribution in [0.4, 0.5) is 0 Å². The summed E-state index contributed by atoms with van der Waals surface area (Å²) in [5.41, 5.74) is 0. The summed E-state index contributed by atoms with van der Waals surface area (Å²) in [5, 5.41) is 0. The molecule has 0 rings (SSSR count). The smallest absolute Gasteiger partial charge is 0.348 e. The van der Waals surface area contributed by atoms with Crippen molar-refractivity contribution in [2.24, 2.45) is 23.7 Å². The van der Waals surface area contributed by atoms with Gasteiger partial charge in [-0.15, -0.1) is 0 Å². The van der Waals surface area contributed by atoms with Crippen molar-refractivity contribution < 1.29 is 17.7 Å². The normalized spacial score (nSPS) is 18.2. The van der Waals surface area contributed by atoms with Crippen LogP contribution in [0.3, 0.4) is 0 Å². The molecule has 0 spiro atoms. The quantitative estimate of drug-likeness (QED) is 0.160. The molecule has 4 unspecified atom stereocenters. The molecule has 0 aromatic rings. The maximum absolute atomic E-state index is 6.91. The Morgan fingerprint density at radius 1 is 0.394 bits per heavy atom. The minimum atomic E-state index is -3.40. The monoisotopic (exact) mass is 488 g/mol. The van der Waals surface area contributed by atoms with E-state index in [1.807, 2.05) is 0 Å². The van der Waals surface area contributed by atoms with E-state index >= 15 is 0 Å². The van der Waals surface area contributed by atoms with Crippen molar-refractivity contribution >= 4 is 9.05 Å². The number of hydrogen-bond donors (Lipinski definition) is 0. The summed E-state index contributed by atoms with van der Waals surface area (Å²) in [5.74, 6) is 2.20. The summed E-state index contributed by atoms with van der Waals surface area (Å²) < 4.78 is 27.6. The van der Waals surface area contributed by atoms with Crippen LogP contribution >= 0.6 is 0 Å². The van der Waals surface area contributed by atoms with E-state index < -0.39 is 9.05 Å². The third kappa shape index (κ3) is 14.9. The summed E-state index contributed by atoms with van der Waals surface area (Å²) in [6.07, 6.45) is 8.05. The van der Waals surface area contributed by atoms with Crippen molar-refractivity contribution in [2.75, 3.05) is 0 Å². The average molecular weight is 489 g/mol. The van der Waals surface area contributed by atoms with Crippen LogP contribution in [0.15, 0.2) is 0 Å². The van der Waals surface area contributed by atoms with Crippen LogP contribution in [0.5, 0.6) is 0 Å². The lowest BCUT2D eigenvalue weighted by Crippen LogP contribution is -2.57. The lowest BCUT2D eigenvalue weighted by atomic mass is 10.0. The second kappa shape index (κ2) is 17.5. The van der Waals surface area contributed by atoms with Gasteiger partial charge in [0.2, 0.25) is 0 Å². The Hall–Kier alpha value is 0.0569. The van der Waals surface area contributed by atoms with Crippen LogP contribution in [0.2, 0.25) is 0 Å². The number of hydrogen-bond acceptors (Lipinski definition) is 4. The zero-order valence-electron chi connectivity index (χ0n) is 24.4. The summed E-state index contributed by atoms with van der Waals surface area (Å²) in [6.45, 7) is 26.9. The highest BCUT2D eigenvalue weighted by Crippen LogP contribution is 2.30. The fraction of sp³-hybridized carbons (Fsp3) is 1.00. The molecule has 0 amide bonds. The molecule has 4 nitrogen and oxygen atoms in total. The summed E-state index contributed by atoms with van der Waals surface area (Å²) in [6, 6.07) is 0. The maximum atomic E-state index is 6.91. The minimum absolute atomic E-state index is 0.0846. The fourth-order valence-electron chi connectivity index (χ4n) is 4.28. The van der Waals surface area contributed by atoms with Crippen LogP contribution in [0, 0.1) is 23.7 Å². The fourth-order valence-corrected chi connectivity index (χ4v) is 7.30. The van der Waals surface area contributed by atoms with Crippen molar-refractivity contribution in [1.82, 2.24) is 0 Å². The molecule has 0 radical (unpaired) electrons. The Bertz CT molecular complexity index is 381. The molecular formula is C28H60O4Si. The molecule has 0 saturated heterocycles. The van der Waals surface area contributed by atoms with Gasteiger partial charge in [0.1, 0.15) is 0 Å². The second-order valence-electron chi connectivity index (χ2n) is 11.6. The summed E-state index contributed by atoms with van der Waals surface area (Å²) in [7, 11) is -3.40. The molecule has 0 aliphatic heterocycles. The Balaban J connectivity index is 6.29. The van der Waals surface area contributed by atoms with E-state index in [0.29, 0.717) is 23.7 Å². The van der Waals surface area contributed by atoms with Gasteiger partial charge in [-0.1, -0.05) is 83.1 Å². The van der Waals surface area contributed by atoms with Gasteiger partial charge in [-0.05, 0) is 75.0 Å². The van der Waals surface area contributed by atoms with Crippen molar-refractivity contribution in [2.45, 2.75) is 159 Å². The van der Waals surface area contributed by atoms with Crippen LogP contribution < -0.4 is 0 Å². The van der Waals surface area contributed by atoms with Gasteiger partial charge in [0.25, 0.3) is 0 Å². The first-order chi connectivity index (χ1) is 15.4. The molecule has 0 heterocycles. The predicted octanol–water partition coefficient (Wildman–Crippen LogP) is 8.79. The molecule has 0 saturated carbocycles. The molecule has 0 aromatic heterocycles. The van der Waals surface area contributed by atoms with Crippen molar-refractivity contribution in [3.8, 4) is 0 Å². The molecule has 0 N–H and O–H groups in total. The van der Waals surface area contributed by atoms with Gasteiger partial charge < -0.3 is 17.7 Å². The van der Waals surface area contributed by atoms with Gasteiger partial charge in [0, 0.05) is 0 Å². The van der Waals surface area contributed by atoms with Crippen molar-refractivity contribution in [3.63, 3.8) is 0 Å². The van der Waals surface area contributed by atoms with E-state index in [-0.39, 0.29) is 24.4 Å². The third-order valence-electron chi connectivity index (χ3n) is 6.00. The van der Waals surface area contributed by atoms with Gasteiger partial charge in [0.15, 0.2) is 0 Å². The standard InChI is InChI=1S/C28H60O4Si/c1-13-25(17-21(5)6)29-33(30-26(14-2)18-22(7)8,31-27(15-3)19-23(9)10)32-28(16-4)20-24(11)12/h21-28H,13-20H2,1-12H3. The van der Waals surface area contributed by atoms with E-state index in [1.165, 1.54) is 0 Å². The molecule has 0 aromatic carbocycles. The zero-order chi connectivity index (χ0) is 25.6. The number of rotatable bonds is 20. The maximum Gasteiger partial charge on any atom is 0.680 e. The molecule has 5 heteroatoms.